The van der Waals surface area contributed by atoms with Gasteiger partial charge in [-0.25, -0.2) is 4.39 Å². The fourth-order valence-corrected chi connectivity index (χ4v) is 2.23. The van der Waals surface area contributed by atoms with Gasteiger partial charge >= 0.3 is 0 Å². The summed E-state index contributed by atoms with van der Waals surface area (Å²) < 4.78 is 18.5. The van der Waals surface area contributed by atoms with Gasteiger partial charge in [0.25, 0.3) is 0 Å². The van der Waals surface area contributed by atoms with E-state index in [0.717, 1.165) is 16.7 Å². The molecule has 0 bridgehead atoms. The van der Waals surface area contributed by atoms with E-state index in [4.69, 9.17) is 4.74 Å². The first kappa shape index (κ1) is 11.4. The number of halogens is 1. The summed E-state index contributed by atoms with van der Waals surface area (Å²) in [5.74, 6) is -0.337. The van der Waals surface area contributed by atoms with Crippen LogP contribution in [0.15, 0.2) is 42.5 Å². The molecule has 3 heteroatoms. The van der Waals surface area contributed by atoms with Crippen LogP contribution >= 0.6 is 0 Å². The van der Waals surface area contributed by atoms with Crippen LogP contribution in [0.1, 0.15) is 28.4 Å². The number of aliphatic hydroxyl groups excluding tert-OH is 1. The maximum Gasteiger partial charge on any atom is 0.123 e. The van der Waals surface area contributed by atoms with Crippen molar-refractivity contribution in [2.45, 2.75) is 19.3 Å². The van der Waals surface area contributed by atoms with Gasteiger partial charge in [0.1, 0.15) is 11.9 Å². The van der Waals surface area contributed by atoms with Crippen LogP contribution in [0.25, 0.3) is 0 Å². The lowest BCUT2D eigenvalue weighted by atomic mass is 9.98. The molecule has 3 rings (SSSR count). The smallest absolute Gasteiger partial charge is 0.123 e. The molecule has 0 fully saturated rings. The van der Waals surface area contributed by atoms with Gasteiger partial charge in [-0.2, -0.15) is 0 Å². The Kier molecular flexibility index (Phi) is 2.86. The molecule has 1 aliphatic rings. The Morgan fingerprint density at radius 2 is 1.78 bits per heavy atom. The highest BCUT2D eigenvalue weighted by Crippen LogP contribution is 2.27. The number of benzene rings is 2. The third kappa shape index (κ3) is 2.03. The first-order valence-corrected chi connectivity index (χ1v) is 5.87. The second-order valence-electron chi connectivity index (χ2n) is 4.48. The van der Waals surface area contributed by atoms with Crippen molar-refractivity contribution in [1.82, 2.24) is 0 Å². The highest BCUT2D eigenvalue weighted by atomic mass is 19.1. The van der Waals surface area contributed by atoms with Crippen LogP contribution in [0.2, 0.25) is 0 Å². The lowest BCUT2D eigenvalue weighted by molar-refractivity contribution is 0.134. The van der Waals surface area contributed by atoms with E-state index in [1.165, 1.54) is 12.1 Å². The van der Waals surface area contributed by atoms with Gasteiger partial charge in [0.05, 0.1) is 13.2 Å². The van der Waals surface area contributed by atoms with Crippen molar-refractivity contribution in [3.63, 3.8) is 0 Å². The number of rotatable bonds is 2. The minimum Gasteiger partial charge on any atom is -0.384 e. The Morgan fingerprint density at radius 3 is 2.61 bits per heavy atom. The maximum absolute atomic E-state index is 13.1. The Morgan fingerprint density at radius 1 is 1.00 bits per heavy atom. The van der Waals surface area contributed by atoms with Crippen molar-refractivity contribution in [3.05, 3.63) is 70.5 Å². The molecule has 1 unspecified atom stereocenters. The van der Waals surface area contributed by atoms with Crippen molar-refractivity contribution in [1.29, 1.82) is 0 Å². The molecule has 92 valence electrons. The molecule has 1 atom stereocenters. The lowest BCUT2D eigenvalue weighted by Gasteiger charge is -2.12. The van der Waals surface area contributed by atoms with Gasteiger partial charge in [-0.05, 0) is 34.4 Å². The molecule has 1 heterocycles. The van der Waals surface area contributed by atoms with E-state index in [1.807, 2.05) is 18.2 Å². The molecule has 0 amide bonds. The molecule has 1 N–H and O–H groups in total. The van der Waals surface area contributed by atoms with E-state index >= 15 is 0 Å². The van der Waals surface area contributed by atoms with E-state index in [1.54, 1.807) is 12.1 Å². The second kappa shape index (κ2) is 4.52. The van der Waals surface area contributed by atoms with Crippen LogP contribution in [0, 0.1) is 5.82 Å². The Hall–Kier alpha value is -1.71. The van der Waals surface area contributed by atoms with Crippen molar-refractivity contribution in [2.24, 2.45) is 0 Å². The SMILES string of the molecule is OC(c1cccc(F)c1)c1ccc2c(c1)COC2. The molecule has 1 aliphatic heterocycles. The molecule has 0 spiro atoms. The van der Waals surface area contributed by atoms with E-state index in [-0.39, 0.29) is 5.82 Å². The first-order chi connectivity index (χ1) is 8.74. The standard InChI is InChI=1S/C15H13FO2/c16-14-3-1-2-10(7-14)15(17)11-4-5-12-8-18-9-13(12)6-11/h1-7,15,17H,8-9H2. The molecule has 0 saturated heterocycles. The summed E-state index contributed by atoms with van der Waals surface area (Å²) in [4.78, 5) is 0. The molecule has 0 saturated carbocycles. The Labute approximate surface area is 105 Å². The number of hydrogen-bond acceptors (Lipinski definition) is 2. The molecule has 2 nitrogen and oxygen atoms in total. The highest BCUT2D eigenvalue weighted by molar-refractivity contribution is 5.37. The van der Waals surface area contributed by atoms with Crippen molar-refractivity contribution >= 4 is 0 Å². The Balaban J connectivity index is 1.95. The molecule has 0 radical (unpaired) electrons. The minimum atomic E-state index is -0.799. The summed E-state index contributed by atoms with van der Waals surface area (Å²) in [6.07, 6.45) is -0.799. The summed E-state index contributed by atoms with van der Waals surface area (Å²) in [5.41, 5.74) is 3.59. The molecular weight excluding hydrogens is 231 g/mol. The largest absolute Gasteiger partial charge is 0.384 e. The highest BCUT2D eigenvalue weighted by Gasteiger charge is 2.16. The van der Waals surface area contributed by atoms with Crippen LogP contribution in [-0.4, -0.2) is 5.11 Å². The molecule has 2 aromatic carbocycles. The van der Waals surface area contributed by atoms with E-state index < -0.39 is 6.10 Å². The van der Waals surface area contributed by atoms with Gasteiger partial charge in [0.15, 0.2) is 0 Å². The average Bonchev–Trinajstić information content (AvgIpc) is 2.85. The van der Waals surface area contributed by atoms with E-state index in [0.29, 0.717) is 18.8 Å². The predicted octanol–water partition coefficient (Wildman–Crippen LogP) is 2.94. The third-order valence-electron chi connectivity index (χ3n) is 3.23. The number of ether oxygens (including phenoxy) is 1. The van der Waals surface area contributed by atoms with Crippen LogP contribution in [0.5, 0.6) is 0 Å². The van der Waals surface area contributed by atoms with E-state index in [9.17, 15) is 9.50 Å². The Bertz CT molecular complexity index is 580. The molecule has 0 aliphatic carbocycles. The predicted molar refractivity (Wildman–Crippen MR) is 65.4 cm³/mol. The maximum atomic E-state index is 13.1. The number of hydrogen-bond donors (Lipinski definition) is 1. The van der Waals surface area contributed by atoms with Gasteiger partial charge in [-0.1, -0.05) is 30.3 Å². The van der Waals surface area contributed by atoms with E-state index in [2.05, 4.69) is 0 Å². The van der Waals surface area contributed by atoms with Crippen LogP contribution in [0.4, 0.5) is 4.39 Å². The normalized spacial score (nSPS) is 15.4. The van der Waals surface area contributed by atoms with Gasteiger partial charge in [0.2, 0.25) is 0 Å². The number of aliphatic hydroxyl groups is 1. The second-order valence-corrected chi connectivity index (χ2v) is 4.48. The summed E-state index contributed by atoms with van der Waals surface area (Å²) in [5, 5.41) is 10.2. The fourth-order valence-electron chi connectivity index (χ4n) is 2.23. The monoisotopic (exact) mass is 244 g/mol. The van der Waals surface area contributed by atoms with Crippen LogP contribution < -0.4 is 0 Å². The quantitative estimate of drug-likeness (QED) is 0.880. The fraction of sp³-hybridized carbons (Fsp3) is 0.200. The van der Waals surface area contributed by atoms with Gasteiger partial charge in [0, 0.05) is 0 Å². The zero-order valence-corrected chi connectivity index (χ0v) is 9.77. The minimum absolute atomic E-state index is 0.337. The first-order valence-electron chi connectivity index (χ1n) is 5.87. The molecule has 18 heavy (non-hydrogen) atoms. The average molecular weight is 244 g/mol. The third-order valence-corrected chi connectivity index (χ3v) is 3.23. The van der Waals surface area contributed by atoms with Crippen molar-refractivity contribution in [2.75, 3.05) is 0 Å². The van der Waals surface area contributed by atoms with Gasteiger partial charge < -0.3 is 9.84 Å². The van der Waals surface area contributed by atoms with Crippen molar-refractivity contribution in [3.8, 4) is 0 Å². The summed E-state index contributed by atoms with van der Waals surface area (Å²) in [6, 6.07) is 11.8. The summed E-state index contributed by atoms with van der Waals surface area (Å²) >= 11 is 0. The zero-order valence-electron chi connectivity index (χ0n) is 9.77. The zero-order chi connectivity index (χ0) is 12.5. The lowest BCUT2D eigenvalue weighted by Crippen LogP contribution is -2.01. The molecule has 0 aromatic heterocycles. The summed E-state index contributed by atoms with van der Waals surface area (Å²) in [7, 11) is 0. The van der Waals surface area contributed by atoms with Crippen molar-refractivity contribution < 1.29 is 14.2 Å². The van der Waals surface area contributed by atoms with Crippen LogP contribution in [0.3, 0.4) is 0 Å². The molecule has 2 aromatic rings. The van der Waals surface area contributed by atoms with Gasteiger partial charge in [-0.15, -0.1) is 0 Å². The van der Waals surface area contributed by atoms with Gasteiger partial charge in [-0.3, -0.25) is 0 Å². The molecular formula is C15H13FO2. The summed E-state index contributed by atoms with van der Waals surface area (Å²) in [6.45, 7) is 1.21. The topological polar surface area (TPSA) is 29.5 Å². The number of fused-ring (bicyclic) bond motifs is 1. The van der Waals surface area contributed by atoms with Crippen LogP contribution in [-0.2, 0) is 18.0 Å².